The van der Waals surface area contributed by atoms with E-state index in [0.717, 1.165) is 22.2 Å². The first-order chi connectivity index (χ1) is 19.5. The van der Waals surface area contributed by atoms with Crippen molar-refractivity contribution in [3.8, 4) is 0 Å². The molecular weight excluding hydrogens is 514 g/mol. The van der Waals surface area contributed by atoms with E-state index in [1.807, 2.05) is 48.7 Å². The molecule has 2 aromatic heterocycles. The second-order valence-electron chi connectivity index (χ2n) is 11.1. The summed E-state index contributed by atoms with van der Waals surface area (Å²) < 4.78 is 2.55. The Morgan fingerprint density at radius 3 is 2.60 bits per heavy atom. The number of aryl methyl sites for hydroxylation is 1. The highest BCUT2D eigenvalue weighted by Crippen LogP contribution is 2.42. The van der Waals surface area contributed by atoms with Crippen molar-refractivity contribution < 1.29 is 4.79 Å². The van der Waals surface area contributed by atoms with Gasteiger partial charge in [0.25, 0.3) is 0 Å². The number of nitrogens with one attached hydrogen (secondary N) is 2. The summed E-state index contributed by atoms with van der Waals surface area (Å²) in [5, 5.41) is 9.52. The van der Waals surface area contributed by atoms with E-state index in [4.69, 9.17) is 17.2 Å². The molecule has 2 atom stereocenters. The van der Waals surface area contributed by atoms with Gasteiger partial charge in [0.15, 0.2) is 5.11 Å². The van der Waals surface area contributed by atoms with Crippen molar-refractivity contribution in [3.63, 3.8) is 0 Å². The highest BCUT2D eigenvalue weighted by atomic mass is 32.1. The topological polar surface area (TPSA) is 62.2 Å². The molecule has 2 N–H and O–H groups in total. The lowest BCUT2D eigenvalue weighted by Crippen LogP contribution is -2.33. The predicted molar refractivity (Wildman–Crippen MR) is 165 cm³/mol. The van der Waals surface area contributed by atoms with Crippen LogP contribution in [0.25, 0.3) is 10.8 Å². The third-order valence-electron chi connectivity index (χ3n) is 8.62. The molecule has 3 heterocycles. The number of nitrogens with zero attached hydrogens (tertiary/aromatic N) is 3. The average molecular weight is 552 g/mol. The second-order valence-corrected chi connectivity index (χ2v) is 11.5. The van der Waals surface area contributed by atoms with E-state index in [2.05, 4.69) is 58.2 Å². The molecular formula is C33H37N5OS. The van der Waals surface area contributed by atoms with Gasteiger partial charge >= 0.3 is 0 Å². The minimum absolute atomic E-state index is 0.0214. The van der Waals surface area contributed by atoms with Crippen LogP contribution >= 0.6 is 12.2 Å². The predicted octanol–water partition coefficient (Wildman–Crippen LogP) is 7.16. The molecule has 1 aliphatic carbocycles. The first-order valence-electron chi connectivity index (χ1n) is 14.5. The molecule has 40 heavy (non-hydrogen) atoms. The smallest absolute Gasteiger partial charge is 0.226 e. The first-order valence-corrected chi connectivity index (χ1v) is 14.9. The maximum atomic E-state index is 13.2. The molecule has 0 unspecified atom stereocenters. The molecule has 206 valence electrons. The van der Waals surface area contributed by atoms with Gasteiger partial charge in [0.05, 0.1) is 17.8 Å². The number of hydrogen-bond acceptors (Lipinski definition) is 3. The lowest BCUT2D eigenvalue weighted by molar-refractivity contribution is -0.116. The molecule has 0 spiro atoms. The molecule has 0 radical (unpaired) electrons. The van der Waals surface area contributed by atoms with Gasteiger partial charge in [-0.2, -0.15) is 0 Å². The molecule has 7 heteroatoms. The largest absolute Gasteiger partial charge is 0.352 e. The van der Waals surface area contributed by atoms with Crippen LogP contribution in [0.1, 0.15) is 79.3 Å². The fourth-order valence-electron chi connectivity index (χ4n) is 6.76. The summed E-state index contributed by atoms with van der Waals surface area (Å²) in [5.74, 6) is -0.0214. The van der Waals surface area contributed by atoms with E-state index < -0.39 is 0 Å². The number of fused-ring (bicyclic) bond motifs is 1. The van der Waals surface area contributed by atoms with Gasteiger partial charge in [-0.1, -0.05) is 61.7 Å². The maximum absolute atomic E-state index is 13.2. The van der Waals surface area contributed by atoms with E-state index in [1.165, 1.54) is 49.1 Å². The monoisotopic (exact) mass is 551 g/mol. The lowest BCUT2D eigenvalue weighted by Gasteiger charge is -2.29. The average Bonchev–Trinajstić information content (AvgIpc) is 3.47. The number of carbonyl (C=O) groups excluding carboxylic acids is 1. The number of aromatic nitrogens is 2. The van der Waals surface area contributed by atoms with Crippen LogP contribution < -0.4 is 10.6 Å². The van der Waals surface area contributed by atoms with Crippen molar-refractivity contribution in [1.29, 1.82) is 0 Å². The summed E-state index contributed by atoms with van der Waals surface area (Å²) in [6, 6.07) is 22.9. The summed E-state index contributed by atoms with van der Waals surface area (Å²) in [5.41, 5.74) is 5.66. The molecule has 2 aromatic carbocycles. The van der Waals surface area contributed by atoms with Crippen LogP contribution in [0.15, 0.2) is 72.9 Å². The Bertz CT molecular complexity index is 1520. The quantitative estimate of drug-likeness (QED) is 0.239. The fourth-order valence-corrected chi connectivity index (χ4v) is 7.09. The molecule has 6 rings (SSSR count). The Kier molecular flexibility index (Phi) is 7.57. The molecule has 6 nitrogen and oxygen atoms in total. The minimum atomic E-state index is -0.0878. The third kappa shape index (κ3) is 5.10. The van der Waals surface area contributed by atoms with E-state index in [0.29, 0.717) is 24.1 Å². The Morgan fingerprint density at radius 1 is 1.02 bits per heavy atom. The van der Waals surface area contributed by atoms with Crippen LogP contribution in [-0.2, 0) is 4.79 Å². The number of anilines is 1. The second kappa shape index (κ2) is 11.4. The zero-order valence-corrected chi connectivity index (χ0v) is 24.1. The minimum Gasteiger partial charge on any atom is -0.352 e. The number of thiocarbonyl (C=S) groups is 1. The number of pyridine rings is 1. The van der Waals surface area contributed by atoms with Crippen LogP contribution in [0.5, 0.6) is 0 Å². The highest BCUT2D eigenvalue weighted by molar-refractivity contribution is 7.80. The molecule has 4 aromatic rings. The van der Waals surface area contributed by atoms with Crippen molar-refractivity contribution in [2.45, 2.75) is 70.5 Å². The fraction of sp³-hybridized carbons (Fsp3) is 0.364. The van der Waals surface area contributed by atoms with Gasteiger partial charge in [0.1, 0.15) is 0 Å². The zero-order valence-electron chi connectivity index (χ0n) is 23.3. The van der Waals surface area contributed by atoms with Crippen LogP contribution in [-0.4, -0.2) is 32.0 Å². The van der Waals surface area contributed by atoms with Crippen LogP contribution in [0.4, 0.5) is 5.69 Å². The van der Waals surface area contributed by atoms with Gasteiger partial charge in [-0.3, -0.25) is 9.78 Å². The summed E-state index contributed by atoms with van der Waals surface area (Å²) in [4.78, 5) is 20.1. The van der Waals surface area contributed by atoms with Crippen LogP contribution in [0, 0.1) is 13.8 Å². The van der Waals surface area contributed by atoms with Crippen molar-refractivity contribution in [2.24, 2.45) is 0 Å². The number of hydrogen-bond donors (Lipinski definition) is 2. The Balaban J connectivity index is 1.28. The highest BCUT2D eigenvalue weighted by Gasteiger charge is 2.41. The van der Waals surface area contributed by atoms with Crippen molar-refractivity contribution in [1.82, 2.24) is 19.8 Å². The molecule has 1 aliphatic heterocycles. The summed E-state index contributed by atoms with van der Waals surface area (Å²) in [7, 11) is 0. The molecule has 1 amide bonds. The van der Waals surface area contributed by atoms with Gasteiger partial charge in [-0.15, -0.1) is 0 Å². The molecule has 0 bridgehead atoms. The van der Waals surface area contributed by atoms with Gasteiger partial charge < -0.3 is 20.1 Å². The first kappa shape index (κ1) is 26.5. The summed E-state index contributed by atoms with van der Waals surface area (Å²) in [6.45, 7) is 4.99. The number of carbonyl (C=O) groups is 1. The van der Waals surface area contributed by atoms with E-state index in [-0.39, 0.29) is 18.0 Å². The number of benzene rings is 2. The van der Waals surface area contributed by atoms with Crippen molar-refractivity contribution in [3.05, 3.63) is 95.6 Å². The van der Waals surface area contributed by atoms with E-state index in [9.17, 15) is 4.79 Å². The number of amides is 1. The number of rotatable bonds is 7. The molecule has 1 saturated carbocycles. The van der Waals surface area contributed by atoms with Gasteiger partial charge in [0.2, 0.25) is 5.91 Å². The Hall–Kier alpha value is -3.71. The molecule has 2 aliphatic rings. The van der Waals surface area contributed by atoms with E-state index >= 15 is 0 Å². The molecule has 2 fully saturated rings. The van der Waals surface area contributed by atoms with Crippen molar-refractivity contribution >= 4 is 39.7 Å². The van der Waals surface area contributed by atoms with Gasteiger partial charge in [-0.25, -0.2) is 0 Å². The SMILES string of the molecule is Cc1cc([C@H]2[C@H](c3ccccn3)NC(=S)N2CCC(=O)Nc2cccc3ccccc23)c(C)n1C1CCCCC1. The van der Waals surface area contributed by atoms with Crippen LogP contribution in [0.2, 0.25) is 0 Å². The molecule has 1 saturated heterocycles. The summed E-state index contributed by atoms with van der Waals surface area (Å²) in [6.07, 6.45) is 8.55. The third-order valence-corrected chi connectivity index (χ3v) is 8.98. The van der Waals surface area contributed by atoms with Crippen molar-refractivity contribution in [2.75, 3.05) is 11.9 Å². The standard InChI is InChI=1S/C33H37N5OS/c1-22-21-27(23(2)38(22)25-13-4-3-5-14-25)32-31(29-16-8-9-19-34-29)36-33(40)37(32)20-18-30(39)35-28-17-10-12-24-11-6-7-15-26(24)28/h6-12,15-17,19,21,25,31-32H,3-5,13-14,18,20H2,1-2H3,(H,35,39)(H,36,40)/t31-,32-/m0/s1. The van der Waals surface area contributed by atoms with Gasteiger partial charge in [0, 0.05) is 47.7 Å². The summed E-state index contributed by atoms with van der Waals surface area (Å²) >= 11 is 5.90. The van der Waals surface area contributed by atoms with Gasteiger partial charge in [-0.05, 0) is 74.1 Å². The van der Waals surface area contributed by atoms with E-state index in [1.54, 1.807) is 0 Å². The Morgan fingerprint density at radius 2 is 1.80 bits per heavy atom. The lowest BCUT2D eigenvalue weighted by atomic mass is 9.94. The maximum Gasteiger partial charge on any atom is 0.226 e. The Labute approximate surface area is 241 Å². The normalized spacial score (nSPS) is 19.6. The van der Waals surface area contributed by atoms with Crippen LogP contribution in [0.3, 0.4) is 0 Å². The zero-order chi connectivity index (χ0) is 27.6.